The van der Waals surface area contributed by atoms with Crippen LogP contribution in [0.15, 0.2) is 24.3 Å². The minimum atomic E-state index is -2.10. The molecule has 0 aromatic heterocycles. The van der Waals surface area contributed by atoms with Crippen molar-refractivity contribution in [1.82, 2.24) is 0 Å². The summed E-state index contributed by atoms with van der Waals surface area (Å²) in [5.41, 5.74) is 2.28. The zero-order chi connectivity index (χ0) is 15.0. The first-order valence-electron chi connectivity index (χ1n) is 7.14. The average Bonchev–Trinajstić information content (AvgIpc) is 2.43. The summed E-state index contributed by atoms with van der Waals surface area (Å²) in [4.78, 5) is 0.637. The molecular formula is C16H24O2S2. The number of hydrogen-bond acceptors (Lipinski definition) is 3. The van der Waals surface area contributed by atoms with Gasteiger partial charge in [0.25, 0.3) is 0 Å². The van der Waals surface area contributed by atoms with Crippen molar-refractivity contribution in [3.63, 3.8) is 0 Å². The Morgan fingerprint density at radius 2 is 1.80 bits per heavy atom. The van der Waals surface area contributed by atoms with Crippen LogP contribution in [-0.2, 0) is 10.3 Å². The van der Waals surface area contributed by atoms with Crippen molar-refractivity contribution >= 4 is 26.9 Å². The summed E-state index contributed by atoms with van der Waals surface area (Å²) in [7, 11) is -2.10. The van der Waals surface area contributed by atoms with Crippen molar-refractivity contribution < 1.29 is 8.42 Å². The molecule has 4 heteroatoms. The zero-order valence-corrected chi connectivity index (χ0v) is 14.2. The quantitative estimate of drug-likeness (QED) is 0.526. The van der Waals surface area contributed by atoms with E-state index in [4.69, 9.17) is 0 Å². The number of benzene rings is 1. The fourth-order valence-electron chi connectivity index (χ4n) is 2.22. The van der Waals surface area contributed by atoms with Crippen LogP contribution in [0, 0.1) is 6.92 Å². The highest BCUT2D eigenvalue weighted by Crippen LogP contribution is 2.30. The van der Waals surface area contributed by atoms with E-state index in [-0.39, 0.29) is 5.25 Å². The van der Waals surface area contributed by atoms with Crippen LogP contribution in [-0.4, -0.2) is 19.5 Å². The Bertz CT molecular complexity index is 522. The second-order valence-corrected chi connectivity index (χ2v) is 6.97. The lowest BCUT2D eigenvalue weighted by Gasteiger charge is -2.16. The maximum Gasteiger partial charge on any atom is 0.214 e. The topological polar surface area (TPSA) is 34.1 Å². The molecule has 20 heavy (non-hydrogen) atoms. The van der Waals surface area contributed by atoms with E-state index in [0.29, 0.717) is 11.3 Å². The Balaban J connectivity index is 2.88. The Hall–Kier alpha value is -0.740. The molecule has 1 rings (SSSR count). The SMILES string of the molecule is CCCCCCC(C(SC)c1ccc(C)cc1)=S(=O)=O. The van der Waals surface area contributed by atoms with Crippen LogP contribution in [0.25, 0.3) is 0 Å². The maximum atomic E-state index is 11.6. The lowest BCUT2D eigenvalue weighted by Crippen LogP contribution is -2.11. The van der Waals surface area contributed by atoms with Crippen molar-refractivity contribution in [1.29, 1.82) is 0 Å². The third-order valence-corrected chi connectivity index (χ3v) is 5.44. The Kier molecular flexibility index (Phi) is 8.00. The number of thioether (sulfide) groups is 1. The summed E-state index contributed by atoms with van der Waals surface area (Å²) in [6, 6.07) is 8.16. The largest absolute Gasteiger partial charge is 0.214 e. The molecule has 0 saturated carbocycles. The van der Waals surface area contributed by atoms with E-state index < -0.39 is 10.3 Å². The van der Waals surface area contributed by atoms with Crippen molar-refractivity contribution in [3.05, 3.63) is 35.4 Å². The fraction of sp³-hybridized carbons (Fsp3) is 0.562. The molecule has 0 aliphatic heterocycles. The monoisotopic (exact) mass is 312 g/mol. The Morgan fingerprint density at radius 1 is 1.15 bits per heavy atom. The second-order valence-electron chi connectivity index (χ2n) is 5.04. The number of hydrogen-bond donors (Lipinski definition) is 0. The van der Waals surface area contributed by atoms with E-state index in [1.807, 2.05) is 37.4 Å². The van der Waals surface area contributed by atoms with Gasteiger partial charge in [-0.1, -0.05) is 56.0 Å². The molecule has 0 saturated heterocycles. The van der Waals surface area contributed by atoms with Crippen molar-refractivity contribution in [3.8, 4) is 0 Å². The smallest absolute Gasteiger partial charge is 0.185 e. The first-order valence-corrected chi connectivity index (χ1v) is 9.50. The van der Waals surface area contributed by atoms with Crippen LogP contribution in [0.5, 0.6) is 0 Å². The van der Waals surface area contributed by atoms with Gasteiger partial charge in [-0.25, -0.2) is 0 Å². The van der Waals surface area contributed by atoms with Crippen LogP contribution in [0.1, 0.15) is 55.4 Å². The van der Waals surface area contributed by atoms with Crippen molar-refractivity contribution in [2.75, 3.05) is 6.26 Å². The number of unbranched alkanes of at least 4 members (excludes halogenated alkanes) is 3. The van der Waals surface area contributed by atoms with Crippen LogP contribution in [0.4, 0.5) is 0 Å². The lowest BCUT2D eigenvalue weighted by atomic mass is 10.0. The van der Waals surface area contributed by atoms with E-state index in [2.05, 4.69) is 6.92 Å². The average molecular weight is 313 g/mol. The molecule has 0 bridgehead atoms. The van der Waals surface area contributed by atoms with Gasteiger partial charge in [-0.3, -0.25) is 0 Å². The summed E-state index contributed by atoms with van der Waals surface area (Å²) in [6.07, 6.45) is 7.05. The molecule has 0 fully saturated rings. The van der Waals surface area contributed by atoms with Crippen LogP contribution in [0.3, 0.4) is 0 Å². The van der Waals surface area contributed by atoms with Crippen molar-refractivity contribution in [2.24, 2.45) is 0 Å². The molecule has 0 aliphatic rings. The number of rotatable bonds is 8. The maximum absolute atomic E-state index is 11.6. The summed E-state index contributed by atoms with van der Waals surface area (Å²) in [5, 5.41) is -0.0458. The van der Waals surface area contributed by atoms with E-state index in [9.17, 15) is 8.42 Å². The molecule has 112 valence electrons. The highest BCUT2D eigenvalue weighted by molar-refractivity contribution is 8.00. The van der Waals surface area contributed by atoms with Crippen molar-refractivity contribution in [2.45, 2.75) is 51.2 Å². The van der Waals surface area contributed by atoms with Crippen LogP contribution >= 0.6 is 11.8 Å². The molecule has 1 aromatic rings. The van der Waals surface area contributed by atoms with Gasteiger partial charge in [0.15, 0.2) is 0 Å². The molecule has 0 aliphatic carbocycles. The van der Waals surface area contributed by atoms with Crippen LogP contribution in [0.2, 0.25) is 0 Å². The minimum Gasteiger partial charge on any atom is -0.185 e. The summed E-state index contributed by atoms with van der Waals surface area (Å²) >= 11 is 1.60. The van der Waals surface area contributed by atoms with E-state index in [1.54, 1.807) is 11.8 Å². The van der Waals surface area contributed by atoms with Gasteiger partial charge in [-0.2, -0.15) is 20.2 Å². The molecule has 0 amide bonds. The van der Waals surface area contributed by atoms with Gasteiger partial charge in [0.05, 0.1) is 10.1 Å². The van der Waals surface area contributed by atoms with Gasteiger partial charge < -0.3 is 0 Å². The van der Waals surface area contributed by atoms with Gasteiger partial charge in [0, 0.05) is 0 Å². The van der Waals surface area contributed by atoms with Gasteiger partial charge in [0.1, 0.15) is 0 Å². The normalized spacial score (nSPS) is 12.2. The highest BCUT2D eigenvalue weighted by Gasteiger charge is 2.18. The van der Waals surface area contributed by atoms with Crippen LogP contribution < -0.4 is 0 Å². The Morgan fingerprint density at radius 3 is 2.30 bits per heavy atom. The zero-order valence-electron chi connectivity index (χ0n) is 12.6. The summed E-state index contributed by atoms with van der Waals surface area (Å²) in [5.74, 6) is 0. The molecule has 2 nitrogen and oxygen atoms in total. The number of aryl methyl sites for hydroxylation is 1. The van der Waals surface area contributed by atoms with Gasteiger partial charge in [-0.05, 0) is 31.6 Å². The standard InChI is InChI=1S/C16H24O2S2/c1-4-5-6-7-8-15(20(17)18)16(19-3)14-11-9-13(2)10-12-14/h9-12,16H,4-8H2,1-3H3. The van der Waals surface area contributed by atoms with E-state index in [1.165, 1.54) is 18.4 Å². The second kappa shape index (κ2) is 9.24. The highest BCUT2D eigenvalue weighted by atomic mass is 32.2. The molecule has 1 atom stereocenters. The first-order chi connectivity index (χ1) is 9.60. The Labute approximate surface area is 128 Å². The minimum absolute atomic E-state index is 0.0458. The lowest BCUT2D eigenvalue weighted by molar-refractivity contribution is 0.625. The molecule has 0 spiro atoms. The van der Waals surface area contributed by atoms with Gasteiger partial charge in [-0.15, -0.1) is 0 Å². The molecular weight excluding hydrogens is 288 g/mol. The first kappa shape index (κ1) is 17.3. The van der Waals surface area contributed by atoms with Gasteiger partial charge >= 0.3 is 0 Å². The molecule has 1 aromatic carbocycles. The third kappa shape index (κ3) is 5.33. The summed E-state index contributed by atoms with van der Waals surface area (Å²) in [6.45, 7) is 4.20. The molecule has 0 N–H and O–H groups in total. The molecule has 0 heterocycles. The molecule has 1 unspecified atom stereocenters. The third-order valence-electron chi connectivity index (χ3n) is 3.40. The van der Waals surface area contributed by atoms with E-state index in [0.717, 1.165) is 18.4 Å². The summed E-state index contributed by atoms with van der Waals surface area (Å²) < 4.78 is 23.1. The predicted molar refractivity (Wildman–Crippen MR) is 90.1 cm³/mol. The van der Waals surface area contributed by atoms with Gasteiger partial charge in [0.2, 0.25) is 10.3 Å². The van der Waals surface area contributed by atoms with E-state index >= 15 is 0 Å². The predicted octanol–water partition coefficient (Wildman–Crippen LogP) is 4.42. The fourth-order valence-corrected chi connectivity index (χ4v) is 4.18. The molecule has 0 radical (unpaired) electrons.